The fraction of sp³-hybridized carbons (Fsp3) is 0.500. The first-order valence-electron chi connectivity index (χ1n) is 12.4. The molecule has 0 aliphatic carbocycles. The Morgan fingerprint density at radius 3 is 2.70 bits per heavy atom. The summed E-state index contributed by atoms with van der Waals surface area (Å²) in [5.41, 5.74) is 2.95. The van der Waals surface area contributed by atoms with Crippen molar-refractivity contribution in [2.24, 2.45) is 0 Å². The van der Waals surface area contributed by atoms with Gasteiger partial charge in [0.25, 0.3) is 6.43 Å². The van der Waals surface area contributed by atoms with Gasteiger partial charge in [-0.3, -0.25) is 4.90 Å². The number of aliphatic hydroxyl groups is 1. The first-order chi connectivity index (χ1) is 17.7. The third-order valence-corrected chi connectivity index (χ3v) is 6.44. The number of aliphatic hydroxyl groups excluding tert-OH is 1. The van der Waals surface area contributed by atoms with Gasteiger partial charge in [0, 0.05) is 43.9 Å². The molecule has 3 heterocycles. The number of nitrogens with one attached hydrogen (secondary N) is 1. The molecule has 2 aromatic heterocycles. The highest BCUT2D eigenvalue weighted by molar-refractivity contribution is 5.71. The number of ether oxygens (including phenoxy) is 1. The van der Waals surface area contributed by atoms with E-state index in [1.807, 2.05) is 56.0 Å². The number of aromatic nitrogens is 3. The molecule has 1 aliphatic heterocycles. The Morgan fingerprint density at radius 1 is 1.22 bits per heavy atom. The molecule has 1 fully saturated rings. The molecule has 2 unspecified atom stereocenters. The monoisotopic (exact) mass is 516 g/mol. The van der Waals surface area contributed by atoms with E-state index in [0.29, 0.717) is 55.0 Å². The van der Waals surface area contributed by atoms with Crippen molar-refractivity contribution in [1.82, 2.24) is 25.3 Å². The molecule has 0 radical (unpaired) electrons. The maximum absolute atomic E-state index is 13.0. The second-order valence-electron chi connectivity index (χ2n) is 9.37. The Balaban J connectivity index is 1.67. The summed E-state index contributed by atoms with van der Waals surface area (Å²) in [4.78, 5) is 13.6. The first kappa shape index (κ1) is 26.9. The van der Waals surface area contributed by atoms with E-state index in [0.717, 1.165) is 16.8 Å². The van der Waals surface area contributed by atoms with E-state index in [9.17, 15) is 13.9 Å². The zero-order valence-corrected chi connectivity index (χ0v) is 21.6. The highest BCUT2D eigenvalue weighted by Gasteiger charge is 2.28. The van der Waals surface area contributed by atoms with Crippen molar-refractivity contribution in [1.29, 1.82) is 0 Å². The summed E-state index contributed by atoms with van der Waals surface area (Å²) in [6, 6.07) is 9.26. The van der Waals surface area contributed by atoms with E-state index in [-0.39, 0.29) is 19.2 Å². The average molecular weight is 517 g/mol. The van der Waals surface area contributed by atoms with Gasteiger partial charge in [0.1, 0.15) is 30.0 Å². The number of hydrogen-bond donors (Lipinski definition) is 2. The van der Waals surface area contributed by atoms with E-state index >= 15 is 0 Å². The zero-order valence-electron chi connectivity index (χ0n) is 21.6. The highest BCUT2D eigenvalue weighted by Crippen LogP contribution is 2.32. The Morgan fingerprint density at radius 2 is 2.03 bits per heavy atom. The normalized spacial score (nSPS) is 17.4. The topological polar surface area (TPSA) is 99.8 Å². The average Bonchev–Trinajstić information content (AvgIpc) is 3.21. The summed E-state index contributed by atoms with van der Waals surface area (Å²) in [6.07, 6.45) is -3.00. The Bertz CT molecular complexity index is 1170. The fourth-order valence-electron chi connectivity index (χ4n) is 4.57. The van der Waals surface area contributed by atoms with Crippen molar-refractivity contribution in [3.8, 4) is 28.4 Å². The standard InChI is InChI=1S/C26H34F2N6O3/c1-16-13-34(9-8-33(16)14-23(27)28)24-11-22(25-17(2)32-37-18(25)3)30-26(31-24)19-6-5-7-21(10-19)36-15-20(35)12-29-4/h5-7,10-11,16,20,23,29,35H,8-9,12-15H2,1-4H3. The number of likely N-dealkylation sites (N-methyl/N-ethyl adjacent to an activating group) is 1. The van der Waals surface area contributed by atoms with E-state index in [1.165, 1.54) is 0 Å². The lowest BCUT2D eigenvalue weighted by atomic mass is 10.1. The highest BCUT2D eigenvalue weighted by atomic mass is 19.3. The maximum Gasteiger partial charge on any atom is 0.251 e. The van der Waals surface area contributed by atoms with Gasteiger partial charge in [-0.1, -0.05) is 17.3 Å². The molecule has 9 nitrogen and oxygen atoms in total. The number of anilines is 1. The van der Waals surface area contributed by atoms with Crippen LogP contribution in [0.2, 0.25) is 0 Å². The maximum atomic E-state index is 13.0. The molecule has 1 aliphatic rings. The molecule has 0 amide bonds. The number of alkyl halides is 2. The van der Waals surface area contributed by atoms with Crippen LogP contribution in [0.5, 0.6) is 5.75 Å². The summed E-state index contributed by atoms with van der Waals surface area (Å²) in [5.74, 6) is 2.45. The van der Waals surface area contributed by atoms with Crippen LogP contribution < -0.4 is 15.0 Å². The molecule has 200 valence electrons. The minimum atomic E-state index is -2.36. The van der Waals surface area contributed by atoms with E-state index < -0.39 is 12.5 Å². The van der Waals surface area contributed by atoms with Gasteiger partial charge in [-0.15, -0.1) is 0 Å². The van der Waals surface area contributed by atoms with Gasteiger partial charge in [-0.05, 0) is 40.0 Å². The van der Waals surface area contributed by atoms with Crippen molar-refractivity contribution >= 4 is 5.82 Å². The molecule has 0 saturated carbocycles. The third kappa shape index (κ3) is 6.60. The molecule has 1 saturated heterocycles. The number of rotatable bonds is 10. The third-order valence-electron chi connectivity index (χ3n) is 6.44. The molecule has 0 bridgehead atoms. The van der Waals surface area contributed by atoms with Gasteiger partial charge >= 0.3 is 0 Å². The molecule has 2 atom stereocenters. The van der Waals surface area contributed by atoms with E-state index in [1.54, 1.807) is 7.05 Å². The van der Waals surface area contributed by atoms with Crippen LogP contribution in [0, 0.1) is 13.8 Å². The zero-order chi connectivity index (χ0) is 26.5. The predicted molar refractivity (Wildman–Crippen MR) is 137 cm³/mol. The molecule has 37 heavy (non-hydrogen) atoms. The van der Waals surface area contributed by atoms with Gasteiger partial charge < -0.3 is 24.6 Å². The van der Waals surface area contributed by atoms with Crippen LogP contribution in [-0.2, 0) is 0 Å². The lowest BCUT2D eigenvalue weighted by molar-refractivity contribution is 0.0644. The minimum absolute atomic E-state index is 0.0514. The van der Waals surface area contributed by atoms with E-state index in [4.69, 9.17) is 19.2 Å². The molecule has 1 aromatic carbocycles. The minimum Gasteiger partial charge on any atom is -0.491 e. The number of halogens is 2. The van der Waals surface area contributed by atoms with Gasteiger partial charge in [0.05, 0.1) is 23.5 Å². The smallest absolute Gasteiger partial charge is 0.251 e. The van der Waals surface area contributed by atoms with Gasteiger partial charge in [-0.2, -0.15) is 0 Å². The Labute approximate surface area is 215 Å². The summed E-state index contributed by atoms with van der Waals surface area (Å²) >= 11 is 0. The Kier molecular flexibility index (Phi) is 8.67. The molecule has 0 spiro atoms. The second-order valence-corrected chi connectivity index (χ2v) is 9.37. The van der Waals surface area contributed by atoms with Crippen molar-refractivity contribution in [3.63, 3.8) is 0 Å². The summed E-state index contributed by atoms with van der Waals surface area (Å²) in [7, 11) is 1.77. The van der Waals surface area contributed by atoms with Crippen molar-refractivity contribution in [2.45, 2.75) is 39.3 Å². The number of aryl methyl sites for hydroxylation is 2. The number of hydrogen-bond acceptors (Lipinski definition) is 9. The van der Waals surface area contributed by atoms with Crippen LogP contribution in [0.1, 0.15) is 18.4 Å². The molecule has 11 heteroatoms. The summed E-state index contributed by atoms with van der Waals surface area (Å²) in [6.45, 7) is 7.65. The van der Waals surface area contributed by atoms with Crippen LogP contribution in [0.25, 0.3) is 22.6 Å². The quantitative estimate of drug-likeness (QED) is 0.421. The van der Waals surface area contributed by atoms with Crippen LogP contribution in [0.3, 0.4) is 0 Å². The summed E-state index contributed by atoms with van der Waals surface area (Å²) < 4.78 is 37.2. The predicted octanol–water partition coefficient (Wildman–Crippen LogP) is 3.15. The largest absolute Gasteiger partial charge is 0.491 e. The van der Waals surface area contributed by atoms with Crippen molar-refractivity contribution in [3.05, 3.63) is 41.8 Å². The Hall–Kier alpha value is -3.15. The van der Waals surface area contributed by atoms with Crippen molar-refractivity contribution < 1.29 is 23.1 Å². The van der Waals surface area contributed by atoms with Crippen molar-refractivity contribution in [2.75, 3.05) is 51.3 Å². The van der Waals surface area contributed by atoms with Crippen LogP contribution in [-0.4, -0.2) is 90.1 Å². The summed E-state index contributed by atoms with van der Waals surface area (Å²) in [5, 5.41) is 17.0. The second kappa shape index (κ2) is 11.9. The van der Waals surface area contributed by atoms with Crippen LogP contribution >= 0.6 is 0 Å². The first-order valence-corrected chi connectivity index (χ1v) is 12.4. The van der Waals surface area contributed by atoms with Crippen LogP contribution in [0.4, 0.5) is 14.6 Å². The lowest BCUT2D eigenvalue weighted by Gasteiger charge is -2.40. The molecule has 2 N–H and O–H groups in total. The van der Waals surface area contributed by atoms with Crippen LogP contribution in [0.15, 0.2) is 34.9 Å². The fourth-order valence-corrected chi connectivity index (χ4v) is 4.57. The lowest BCUT2D eigenvalue weighted by Crippen LogP contribution is -2.53. The molecular weight excluding hydrogens is 482 g/mol. The molecular formula is C26H34F2N6O3. The van der Waals surface area contributed by atoms with E-state index in [2.05, 4.69) is 15.4 Å². The molecule has 4 rings (SSSR count). The van der Waals surface area contributed by atoms with Gasteiger partial charge in [-0.25, -0.2) is 18.7 Å². The number of piperazine rings is 1. The number of nitrogens with zero attached hydrogens (tertiary/aromatic N) is 5. The number of benzene rings is 1. The van der Waals surface area contributed by atoms with Gasteiger partial charge in [0.15, 0.2) is 5.82 Å². The molecule has 3 aromatic rings. The van der Waals surface area contributed by atoms with Gasteiger partial charge in [0.2, 0.25) is 0 Å². The SMILES string of the molecule is CNCC(O)COc1cccc(-c2nc(-c3c(C)noc3C)cc(N3CCN(CC(F)F)C(C)C3)n2)c1.